The van der Waals surface area contributed by atoms with E-state index in [0.29, 0.717) is 17.1 Å². The van der Waals surface area contributed by atoms with Crippen LogP contribution in [0.4, 0.5) is 5.82 Å². The second-order valence-electron chi connectivity index (χ2n) is 6.06. The van der Waals surface area contributed by atoms with Gasteiger partial charge in [-0.25, -0.2) is 9.78 Å². The Morgan fingerprint density at radius 1 is 1.32 bits per heavy atom. The number of benzene rings is 1. The maximum Gasteiger partial charge on any atom is 0.339 e. The lowest BCUT2D eigenvalue weighted by molar-refractivity contribution is -0.123. The first-order valence-electron chi connectivity index (χ1n) is 8.50. The molecule has 2 heterocycles. The van der Waals surface area contributed by atoms with Crippen LogP contribution in [0, 0.1) is 13.8 Å². The molecule has 0 aliphatic heterocycles. The number of amides is 1. The summed E-state index contributed by atoms with van der Waals surface area (Å²) in [5.74, 6) is 0.400. The maximum absolute atomic E-state index is 12.6. The lowest BCUT2D eigenvalue weighted by Crippen LogP contribution is -2.30. The molecular weight excluding hydrogens is 398 g/mol. The Labute approximate surface area is 170 Å². The van der Waals surface area contributed by atoms with Crippen LogP contribution in [0.2, 0.25) is 0 Å². The molecule has 0 saturated heterocycles. The summed E-state index contributed by atoms with van der Waals surface area (Å²) >= 11 is 3.13. The highest BCUT2D eigenvalue weighted by Gasteiger charge is 2.21. The Morgan fingerprint density at radius 3 is 2.79 bits per heavy atom. The molecule has 1 aromatic carbocycles. The van der Waals surface area contributed by atoms with Crippen molar-refractivity contribution < 1.29 is 18.8 Å². The van der Waals surface area contributed by atoms with Crippen LogP contribution < -0.4 is 5.32 Å². The van der Waals surface area contributed by atoms with E-state index in [0.717, 1.165) is 15.6 Å². The third-order valence-corrected chi connectivity index (χ3v) is 5.91. The molecule has 0 aliphatic rings. The van der Waals surface area contributed by atoms with Gasteiger partial charge in [-0.05, 0) is 32.4 Å². The van der Waals surface area contributed by atoms with E-state index in [1.54, 1.807) is 48.2 Å². The topological polar surface area (TPSA) is 94.3 Å². The van der Waals surface area contributed by atoms with Gasteiger partial charge in [0.2, 0.25) is 0 Å². The smallest absolute Gasteiger partial charge is 0.339 e. The molecule has 3 rings (SSSR count). The minimum absolute atomic E-state index is 0.279. The first-order valence-corrected chi connectivity index (χ1v) is 10.4. The molecule has 0 aliphatic carbocycles. The van der Waals surface area contributed by atoms with Crippen LogP contribution in [0.5, 0.6) is 0 Å². The van der Waals surface area contributed by atoms with E-state index < -0.39 is 18.0 Å². The fourth-order valence-electron chi connectivity index (χ4n) is 2.31. The third-order valence-electron chi connectivity index (χ3n) is 3.72. The number of thiazole rings is 1. The first-order chi connectivity index (χ1) is 13.4. The molecule has 1 amide bonds. The van der Waals surface area contributed by atoms with Gasteiger partial charge in [-0.15, -0.1) is 11.3 Å². The number of hydrogen-bond donors (Lipinski definition) is 1. The zero-order valence-corrected chi connectivity index (χ0v) is 17.2. The number of ether oxygens (including phenoxy) is 1. The molecule has 0 unspecified atom stereocenters. The number of carbonyl (C=O) groups excluding carboxylic acids is 2. The molecule has 3 aromatic rings. The van der Waals surface area contributed by atoms with Gasteiger partial charge >= 0.3 is 5.97 Å². The van der Waals surface area contributed by atoms with Gasteiger partial charge in [0, 0.05) is 22.9 Å². The van der Waals surface area contributed by atoms with E-state index in [4.69, 9.17) is 9.26 Å². The van der Waals surface area contributed by atoms with Crippen molar-refractivity contribution in [3.8, 4) is 0 Å². The lowest BCUT2D eigenvalue weighted by Gasteiger charge is -2.14. The molecule has 2 aromatic heterocycles. The van der Waals surface area contributed by atoms with Gasteiger partial charge in [-0.2, -0.15) is 0 Å². The number of rotatable bonds is 7. The van der Waals surface area contributed by atoms with Crippen molar-refractivity contribution >= 4 is 40.8 Å². The van der Waals surface area contributed by atoms with Crippen LogP contribution in [-0.2, 0) is 15.3 Å². The number of hydrogen-bond acceptors (Lipinski definition) is 8. The summed E-state index contributed by atoms with van der Waals surface area (Å²) in [6.45, 7) is 5.17. The Balaban J connectivity index is 1.62. The van der Waals surface area contributed by atoms with Crippen LogP contribution in [0.15, 0.2) is 44.6 Å². The average Bonchev–Trinajstić information content (AvgIpc) is 3.27. The van der Waals surface area contributed by atoms with E-state index >= 15 is 0 Å². The van der Waals surface area contributed by atoms with Crippen molar-refractivity contribution in [2.45, 2.75) is 37.0 Å². The van der Waals surface area contributed by atoms with Crippen molar-refractivity contribution in [1.82, 2.24) is 10.1 Å². The number of nitrogens with zero attached hydrogens (tertiary/aromatic N) is 2. The quantitative estimate of drug-likeness (QED) is 0.454. The fourth-order valence-corrected chi connectivity index (χ4v) is 4.17. The molecule has 0 saturated carbocycles. The van der Waals surface area contributed by atoms with E-state index in [9.17, 15) is 9.59 Å². The first kappa shape index (κ1) is 20.1. The SMILES string of the molecule is Cc1csc(SCc2ccccc2C(=O)O[C@H](C)C(=O)Nc2cc(C)on2)n1. The number of nitrogens with one attached hydrogen (secondary N) is 1. The standard InChI is InChI=1S/C19H19N3O4S2/c1-11-9-27-19(20-11)28-10-14-6-4-5-7-15(14)18(24)25-13(3)17(23)21-16-8-12(2)26-22-16/h4-9,13H,10H2,1-3H3,(H,21,22,23)/t13-/m1/s1. The summed E-state index contributed by atoms with van der Waals surface area (Å²) in [7, 11) is 0. The minimum Gasteiger partial charge on any atom is -0.449 e. The molecule has 0 radical (unpaired) electrons. The second kappa shape index (κ2) is 9.03. The van der Waals surface area contributed by atoms with Gasteiger partial charge in [0.05, 0.1) is 5.56 Å². The zero-order chi connectivity index (χ0) is 20.1. The maximum atomic E-state index is 12.6. The van der Waals surface area contributed by atoms with Crippen molar-refractivity contribution in [2.75, 3.05) is 5.32 Å². The van der Waals surface area contributed by atoms with Gasteiger partial charge < -0.3 is 14.6 Å². The summed E-state index contributed by atoms with van der Waals surface area (Å²) in [5, 5.41) is 8.23. The van der Waals surface area contributed by atoms with E-state index in [-0.39, 0.29) is 5.82 Å². The van der Waals surface area contributed by atoms with Gasteiger partial charge in [0.15, 0.2) is 11.9 Å². The third kappa shape index (κ3) is 5.20. The largest absolute Gasteiger partial charge is 0.449 e. The Kier molecular flexibility index (Phi) is 6.48. The van der Waals surface area contributed by atoms with Gasteiger partial charge in [0.25, 0.3) is 5.91 Å². The normalized spacial score (nSPS) is 11.8. The fraction of sp³-hybridized carbons (Fsp3) is 0.263. The van der Waals surface area contributed by atoms with Crippen LogP contribution in [-0.4, -0.2) is 28.1 Å². The Hall–Kier alpha value is -2.65. The highest BCUT2D eigenvalue weighted by molar-refractivity contribution is 8.00. The highest BCUT2D eigenvalue weighted by atomic mass is 32.2. The average molecular weight is 418 g/mol. The van der Waals surface area contributed by atoms with Crippen LogP contribution in [0.25, 0.3) is 0 Å². The number of carbonyl (C=O) groups is 2. The molecule has 146 valence electrons. The number of aromatic nitrogens is 2. The van der Waals surface area contributed by atoms with Gasteiger partial charge in [0.1, 0.15) is 10.1 Å². The zero-order valence-electron chi connectivity index (χ0n) is 15.6. The van der Waals surface area contributed by atoms with Crippen LogP contribution in [0.3, 0.4) is 0 Å². The minimum atomic E-state index is -0.980. The van der Waals surface area contributed by atoms with E-state index in [2.05, 4.69) is 15.5 Å². The molecule has 0 fully saturated rings. The number of anilines is 1. The van der Waals surface area contributed by atoms with Crippen LogP contribution in [0.1, 0.15) is 34.3 Å². The van der Waals surface area contributed by atoms with E-state index in [1.165, 1.54) is 6.92 Å². The summed E-state index contributed by atoms with van der Waals surface area (Å²) < 4.78 is 11.2. The summed E-state index contributed by atoms with van der Waals surface area (Å²) in [6.07, 6.45) is -0.980. The number of thioether (sulfide) groups is 1. The molecule has 28 heavy (non-hydrogen) atoms. The Bertz CT molecular complexity index is 983. The highest BCUT2D eigenvalue weighted by Crippen LogP contribution is 2.27. The molecular formula is C19H19N3O4S2. The summed E-state index contributed by atoms with van der Waals surface area (Å²) in [4.78, 5) is 29.2. The van der Waals surface area contributed by atoms with Crippen LogP contribution >= 0.6 is 23.1 Å². The van der Waals surface area contributed by atoms with Crippen molar-refractivity contribution in [3.63, 3.8) is 0 Å². The molecule has 7 nitrogen and oxygen atoms in total. The van der Waals surface area contributed by atoms with E-state index in [1.807, 2.05) is 24.4 Å². The van der Waals surface area contributed by atoms with Crippen molar-refractivity contribution in [1.29, 1.82) is 0 Å². The molecule has 9 heteroatoms. The van der Waals surface area contributed by atoms with Gasteiger partial charge in [-0.3, -0.25) is 4.79 Å². The molecule has 1 N–H and O–H groups in total. The van der Waals surface area contributed by atoms with Crippen molar-refractivity contribution in [3.05, 3.63) is 58.3 Å². The monoisotopic (exact) mass is 417 g/mol. The van der Waals surface area contributed by atoms with Gasteiger partial charge in [-0.1, -0.05) is 35.1 Å². The molecule has 0 bridgehead atoms. The lowest BCUT2D eigenvalue weighted by atomic mass is 10.1. The number of esters is 1. The van der Waals surface area contributed by atoms with Crippen molar-refractivity contribution in [2.24, 2.45) is 0 Å². The molecule has 1 atom stereocenters. The number of aryl methyl sites for hydroxylation is 2. The second-order valence-corrected chi connectivity index (χ2v) is 8.14. The molecule has 0 spiro atoms. The predicted molar refractivity (Wildman–Crippen MR) is 108 cm³/mol. The Morgan fingerprint density at radius 2 is 2.11 bits per heavy atom. The predicted octanol–water partition coefficient (Wildman–Crippen LogP) is 4.22. The summed E-state index contributed by atoms with van der Waals surface area (Å²) in [6, 6.07) is 8.77. The summed E-state index contributed by atoms with van der Waals surface area (Å²) in [5.41, 5.74) is 2.23.